The Bertz CT molecular complexity index is 938. The number of amides is 2. The topological polar surface area (TPSA) is 139 Å². The third-order valence-electron chi connectivity index (χ3n) is 4.96. The second-order valence-electron chi connectivity index (χ2n) is 6.50. The van der Waals surface area contributed by atoms with E-state index in [1.54, 1.807) is 18.6 Å². The number of aromatic amines is 1. The van der Waals surface area contributed by atoms with Gasteiger partial charge in [-0.3, -0.25) is 14.6 Å². The summed E-state index contributed by atoms with van der Waals surface area (Å²) < 4.78 is 5.15. The van der Waals surface area contributed by atoms with Gasteiger partial charge in [-0.25, -0.2) is 15.0 Å². The summed E-state index contributed by atoms with van der Waals surface area (Å²) >= 11 is 0. The van der Waals surface area contributed by atoms with Crippen LogP contribution in [0.1, 0.15) is 46.2 Å². The van der Waals surface area contributed by atoms with E-state index in [0.717, 1.165) is 11.5 Å². The van der Waals surface area contributed by atoms with Crippen LogP contribution in [-0.4, -0.2) is 43.8 Å². The fourth-order valence-electron chi connectivity index (χ4n) is 3.48. The van der Waals surface area contributed by atoms with Crippen LogP contribution >= 0.6 is 0 Å². The normalized spacial score (nSPS) is 21.0. The smallest absolute Gasteiger partial charge is 0.271 e. The number of carbonyl (C=O) groups is 2. The van der Waals surface area contributed by atoms with Gasteiger partial charge in [-0.2, -0.15) is 0 Å². The molecule has 0 bridgehead atoms. The van der Waals surface area contributed by atoms with E-state index in [1.807, 2.05) is 0 Å². The van der Waals surface area contributed by atoms with Gasteiger partial charge < -0.3 is 20.0 Å². The third kappa shape index (κ3) is 3.36. The molecule has 0 radical (unpaired) electrons. The van der Waals surface area contributed by atoms with E-state index in [0.29, 0.717) is 12.3 Å². The summed E-state index contributed by atoms with van der Waals surface area (Å²) in [5, 5.41) is 5.37. The summed E-state index contributed by atoms with van der Waals surface area (Å²) in [7, 11) is 1.54. The number of carbonyl (C=O) groups excluding carboxylic acids is 2. The number of oxazole rings is 1. The zero-order valence-electron chi connectivity index (χ0n) is 15.1. The molecule has 0 aliphatic heterocycles. The molecule has 10 nitrogen and oxygen atoms in total. The van der Waals surface area contributed by atoms with Crippen molar-refractivity contribution in [2.75, 3.05) is 7.05 Å². The average Bonchev–Trinajstić information content (AvgIpc) is 3.40. The first kappa shape index (κ1) is 17.8. The Balaban J connectivity index is 1.49. The van der Waals surface area contributed by atoms with E-state index in [4.69, 9.17) is 4.42 Å². The molecule has 3 aromatic rings. The van der Waals surface area contributed by atoms with Gasteiger partial charge in [-0.1, -0.05) is 0 Å². The van der Waals surface area contributed by atoms with Crippen molar-refractivity contribution >= 4 is 11.8 Å². The predicted octanol–water partition coefficient (Wildman–Crippen LogP) is 0.751. The standard InChI is InChI=1S/C18H19N7O3/c1-19-18(27)13-8-23-12(7-24-13)10-6-11(15(10)16-21-2-3-22-16)17(26)25-9-14-20-4-5-28-14/h2-5,7-8,10-11,15H,6,9H2,1H3,(H,19,27)(H,21,22)(H,25,26)/t10?,11-,15-/m0/s1. The highest BCUT2D eigenvalue weighted by Crippen LogP contribution is 2.52. The molecule has 1 aliphatic rings. The molecule has 10 heteroatoms. The Morgan fingerprint density at radius 1 is 1.21 bits per heavy atom. The molecule has 2 amide bonds. The molecule has 4 rings (SSSR count). The lowest BCUT2D eigenvalue weighted by Crippen LogP contribution is -2.44. The fraction of sp³-hybridized carbons (Fsp3) is 0.333. The molecule has 1 saturated carbocycles. The van der Waals surface area contributed by atoms with E-state index >= 15 is 0 Å². The zero-order valence-corrected chi connectivity index (χ0v) is 15.1. The number of aromatic nitrogens is 5. The Kier molecular flexibility index (Phi) is 4.83. The number of H-pyrrole nitrogens is 1. The number of hydrogen-bond donors (Lipinski definition) is 3. The lowest BCUT2D eigenvalue weighted by atomic mass is 9.62. The van der Waals surface area contributed by atoms with Crippen molar-refractivity contribution in [3.8, 4) is 0 Å². The molecular weight excluding hydrogens is 362 g/mol. The minimum atomic E-state index is -0.293. The van der Waals surface area contributed by atoms with Gasteiger partial charge in [0, 0.05) is 43.4 Å². The molecule has 28 heavy (non-hydrogen) atoms. The molecule has 1 aliphatic carbocycles. The molecule has 0 aromatic carbocycles. The molecule has 3 N–H and O–H groups in total. The molecule has 0 spiro atoms. The van der Waals surface area contributed by atoms with Crippen molar-refractivity contribution in [2.24, 2.45) is 5.92 Å². The van der Waals surface area contributed by atoms with Gasteiger partial charge in [0.15, 0.2) is 0 Å². The quantitative estimate of drug-likeness (QED) is 0.572. The molecule has 144 valence electrons. The molecule has 0 saturated heterocycles. The monoisotopic (exact) mass is 381 g/mol. The van der Waals surface area contributed by atoms with Gasteiger partial charge in [-0.05, 0) is 6.42 Å². The van der Waals surface area contributed by atoms with Crippen molar-refractivity contribution in [3.63, 3.8) is 0 Å². The summed E-state index contributed by atoms with van der Waals surface area (Å²) in [5.74, 6) is 0.366. The molecule has 1 unspecified atom stereocenters. The number of imidazole rings is 1. The summed E-state index contributed by atoms with van der Waals surface area (Å²) in [6.07, 6.45) is 10.0. The minimum absolute atomic E-state index is 0.0186. The van der Waals surface area contributed by atoms with E-state index in [1.165, 1.54) is 25.7 Å². The van der Waals surface area contributed by atoms with Gasteiger partial charge in [0.1, 0.15) is 17.8 Å². The lowest BCUT2D eigenvalue weighted by molar-refractivity contribution is -0.129. The Morgan fingerprint density at radius 3 is 2.75 bits per heavy atom. The highest BCUT2D eigenvalue weighted by atomic mass is 16.3. The average molecular weight is 381 g/mol. The van der Waals surface area contributed by atoms with E-state index in [9.17, 15) is 9.59 Å². The van der Waals surface area contributed by atoms with Crippen molar-refractivity contribution in [2.45, 2.75) is 24.8 Å². The van der Waals surface area contributed by atoms with Crippen molar-refractivity contribution < 1.29 is 14.0 Å². The maximum atomic E-state index is 12.7. The fourth-order valence-corrected chi connectivity index (χ4v) is 3.48. The predicted molar refractivity (Wildman–Crippen MR) is 95.9 cm³/mol. The molecule has 3 aromatic heterocycles. The first-order valence-electron chi connectivity index (χ1n) is 8.86. The van der Waals surface area contributed by atoms with Crippen LogP contribution in [0, 0.1) is 5.92 Å². The highest BCUT2D eigenvalue weighted by Gasteiger charge is 2.48. The van der Waals surface area contributed by atoms with Crippen LogP contribution in [0.4, 0.5) is 0 Å². The van der Waals surface area contributed by atoms with Crippen molar-refractivity contribution in [3.05, 3.63) is 60.4 Å². The van der Waals surface area contributed by atoms with E-state index in [2.05, 4.69) is 35.6 Å². The SMILES string of the molecule is CNC(=O)c1cnc(C2C[C@H](C(=O)NCc3ncco3)[C@H]2c2ncc[nH]2)cn1. The molecule has 3 atom stereocenters. The van der Waals surface area contributed by atoms with Gasteiger partial charge >= 0.3 is 0 Å². The number of hydrogen-bond acceptors (Lipinski definition) is 7. The van der Waals surface area contributed by atoms with Gasteiger partial charge in [-0.15, -0.1) is 0 Å². The second-order valence-corrected chi connectivity index (χ2v) is 6.50. The summed E-state index contributed by atoms with van der Waals surface area (Å²) in [4.78, 5) is 44.3. The third-order valence-corrected chi connectivity index (χ3v) is 4.96. The first-order valence-corrected chi connectivity index (χ1v) is 8.86. The molecule has 1 fully saturated rings. The van der Waals surface area contributed by atoms with E-state index < -0.39 is 0 Å². The summed E-state index contributed by atoms with van der Waals surface area (Å²) in [6, 6.07) is 0. The second kappa shape index (κ2) is 7.59. The number of rotatable bonds is 6. The lowest BCUT2D eigenvalue weighted by Gasteiger charge is -2.42. The Hall–Kier alpha value is -3.56. The number of nitrogens with one attached hydrogen (secondary N) is 3. The van der Waals surface area contributed by atoms with Gasteiger partial charge in [0.25, 0.3) is 5.91 Å². The van der Waals surface area contributed by atoms with Crippen LogP contribution in [-0.2, 0) is 11.3 Å². The maximum absolute atomic E-state index is 12.7. The van der Waals surface area contributed by atoms with E-state index in [-0.39, 0.29) is 41.8 Å². The molecular formula is C18H19N7O3. The number of nitrogens with zero attached hydrogens (tertiary/aromatic N) is 4. The Labute approximate surface area is 160 Å². The van der Waals surface area contributed by atoms with Gasteiger partial charge in [0.2, 0.25) is 11.8 Å². The highest BCUT2D eigenvalue weighted by molar-refractivity contribution is 5.91. The van der Waals surface area contributed by atoms with Gasteiger partial charge in [0.05, 0.1) is 24.6 Å². The summed E-state index contributed by atoms with van der Waals surface area (Å²) in [6.45, 7) is 0.235. The van der Waals surface area contributed by atoms with Crippen LogP contribution in [0.3, 0.4) is 0 Å². The van der Waals surface area contributed by atoms with Crippen LogP contribution in [0.25, 0.3) is 0 Å². The van der Waals surface area contributed by atoms with Crippen LogP contribution in [0.2, 0.25) is 0 Å². The minimum Gasteiger partial charge on any atom is -0.447 e. The van der Waals surface area contributed by atoms with Crippen molar-refractivity contribution in [1.29, 1.82) is 0 Å². The first-order chi connectivity index (χ1) is 13.7. The van der Waals surface area contributed by atoms with Crippen LogP contribution < -0.4 is 10.6 Å². The largest absolute Gasteiger partial charge is 0.447 e. The maximum Gasteiger partial charge on any atom is 0.271 e. The molecule has 3 heterocycles. The Morgan fingerprint density at radius 2 is 2.11 bits per heavy atom. The zero-order chi connectivity index (χ0) is 19.5. The van der Waals surface area contributed by atoms with Crippen molar-refractivity contribution in [1.82, 2.24) is 35.6 Å². The van der Waals surface area contributed by atoms with Crippen LogP contribution in [0.5, 0.6) is 0 Å². The van der Waals surface area contributed by atoms with Crippen LogP contribution in [0.15, 0.2) is 41.7 Å². The summed E-state index contributed by atoms with van der Waals surface area (Å²) in [5.41, 5.74) is 0.978.